The highest BCUT2D eigenvalue weighted by molar-refractivity contribution is 5.95. The summed E-state index contributed by atoms with van der Waals surface area (Å²) < 4.78 is 6.45. The average Bonchev–Trinajstić information content (AvgIpc) is 3.28. The lowest BCUT2D eigenvalue weighted by atomic mass is 10.1. The monoisotopic (exact) mass is 397 g/mol. The summed E-state index contributed by atoms with van der Waals surface area (Å²) in [4.78, 5) is 11.9. The lowest BCUT2D eigenvalue weighted by molar-refractivity contribution is 0.0602. The van der Waals surface area contributed by atoms with Crippen molar-refractivity contribution < 1.29 is 9.53 Å². The van der Waals surface area contributed by atoms with E-state index in [1.165, 1.54) is 7.11 Å². The third-order valence-electron chi connectivity index (χ3n) is 4.52. The molecule has 1 N–H and O–H groups in total. The lowest BCUT2D eigenvalue weighted by Crippen LogP contribution is -2.05. The zero-order valence-electron chi connectivity index (χ0n) is 16.3. The first-order valence-corrected chi connectivity index (χ1v) is 9.31. The van der Waals surface area contributed by atoms with Crippen molar-refractivity contribution in [2.24, 2.45) is 0 Å². The van der Waals surface area contributed by atoms with Gasteiger partial charge in [0, 0.05) is 12.3 Å². The highest BCUT2D eigenvalue weighted by atomic mass is 16.5. The predicted molar refractivity (Wildman–Crippen MR) is 115 cm³/mol. The molecule has 0 aliphatic carbocycles. The highest BCUT2D eigenvalue weighted by Crippen LogP contribution is 2.21. The number of benzene rings is 3. The molecule has 30 heavy (non-hydrogen) atoms. The van der Waals surface area contributed by atoms with Crippen molar-refractivity contribution in [3.8, 4) is 16.8 Å². The fourth-order valence-corrected chi connectivity index (χ4v) is 3.01. The number of methoxy groups -OCH3 is 1. The zero-order chi connectivity index (χ0) is 20.8. The number of carbonyl (C=O) groups excluding carboxylic acids is 1. The average molecular weight is 397 g/mol. The van der Waals surface area contributed by atoms with Crippen molar-refractivity contribution in [2.75, 3.05) is 12.4 Å². The fraction of sp³-hybridized carbons (Fsp3) is 0.0435. The van der Waals surface area contributed by atoms with Gasteiger partial charge in [-0.3, -0.25) is 0 Å². The second-order valence-electron chi connectivity index (χ2n) is 6.38. The van der Waals surface area contributed by atoms with E-state index in [1.54, 1.807) is 35.2 Å². The van der Waals surface area contributed by atoms with Gasteiger partial charge < -0.3 is 10.1 Å². The molecule has 0 saturated carbocycles. The van der Waals surface area contributed by atoms with Crippen LogP contribution >= 0.6 is 0 Å². The van der Waals surface area contributed by atoms with Gasteiger partial charge in [-0.1, -0.05) is 54.6 Å². The van der Waals surface area contributed by atoms with Gasteiger partial charge in [-0.05, 0) is 45.8 Å². The number of rotatable bonds is 6. The van der Waals surface area contributed by atoms with E-state index < -0.39 is 5.97 Å². The Morgan fingerprint density at radius 2 is 1.63 bits per heavy atom. The third kappa shape index (κ3) is 4.10. The van der Waals surface area contributed by atoms with Crippen LogP contribution in [-0.2, 0) is 4.74 Å². The quantitative estimate of drug-likeness (QED) is 0.491. The van der Waals surface area contributed by atoms with Gasteiger partial charge in [-0.25, -0.2) is 4.79 Å². The van der Waals surface area contributed by atoms with Crippen molar-refractivity contribution in [3.63, 3.8) is 0 Å². The molecular weight excluding hydrogens is 378 g/mol. The summed E-state index contributed by atoms with van der Waals surface area (Å²) in [6.07, 6.45) is 3.42. The molecule has 7 nitrogen and oxygen atoms in total. The molecular formula is C23H19N5O2. The number of aromatic nitrogens is 4. The van der Waals surface area contributed by atoms with Crippen LogP contribution in [0.5, 0.6) is 0 Å². The number of nitrogens with zero attached hydrogens (tertiary/aromatic N) is 4. The van der Waals surface area contributed by atoms with Crippen molar-refractivity contribution in [1.29, 1.82) is 0 Å². The minimum absolute atomic E-state index is 0.408. The molecule has 0 radical (unpaired) electrons. The number of anilines is 1. The number of nitrogens with one attached hydrogen (secondary N) is 1. The van der Waals surface area contributed by atoms with Gasteiger partial charge in [-0.2, -0.15) is 4.68 Å². The van der Waals surface area contributed by atoms with Crippen LogP contribution in [0, 0.1) is 0 Å². The van der Waals surface area contributed by atoms with Crippen LogP contribution in [0.15, 0.2) is 85.1 Å². The van der Waals surface area contributed by atoms with Crippen molar-refractivity contribution in [1.82, 2.24) is 20.2 Å². The summed E-state index contributed by atoms with van der Waals surface area (Å²) in [5.41, 5.74) is 4.18. The van der Waals surface area contributed by atoms with Crippen LogP contribution in [0.25, 0.3) is 22.9 Å². The van der Waals surface area contributed by atoms with Crippen LogP contribution in [-0.4, -0.2) is 33.3 Å². The second kappa shape index (κ2) is 8.83. The molecule has 1 heterocycles. The molecule has 0 spiro atoms. The fourth-order valence-electron chi connectivity index (χ4n) is 3.01. The second-order valence-corrected chi connectivity index (χ2v) is 6.38. The number of carbonyl (C=O) groups is 1. The van der Waals surface area contributed by atoms with Gasteiger partial charge in [0.2, 0.25) is 0 Å². The van der Waals surface area contributed by atoms with E-state index in [-0.39, 0.29) is 0 Å². The molecule has 3 aromatic carbocycles. The number of ether oxygens (including phenoxy) is 1. The Labute approximate surface area is 173 Å². The smallest absolute Gasteiger partial charge is 0.339 e. The van der Waals surface area contributed by atoms with Crippen molar-refractivity contribution >= 4 is 17.7 Å². The Morgan fingerprint density at radius 3 is 2.40 bits per heavy atom. The van der Waals surface area contributed by atoms with Crippen LogP contribution in [0.1, 0.15) is 16.2 Å². The molecule has 1 aromatic heterocycles. The summed E-state index contributed by atoms with van der Waals surface area (Å²) in [7, 11) is 1.35. The molecule has 0 atom stereocenters. The Balaban J connectivity index is 1.52. The molecule has 0 amide bonds. The molecule has 7 heteroatoms. The Hall–Kier alpha value is -4.26. The van der Waals surface area contributed by atoms with Crippen LogP contribution in [0.2, 0.25) is 0 Å². The summed E-state index contributed by atoms with van der Waals surface area (Å²) in [6, 6.07) is 25.3. The van der Waals surface area contributed by atoms with Gasteiger partial charge in [0.1, 0.15) is 0 Å². The molecule has 0 fully saturated rings. The summed E-state index contributed by atoms with van der Waals surface area (Å²) >= 11 is 0. The molecule has 0 unspecified atom stereocenters. The van der Waals surface area contributed by atoms with Crippen LogP contribution in [0.4, 0.5) is 5.69 Å². The molecule has 0 aliphatic rings. The molecule has 4 rings (SSSR count). The molecule has 0 saturated heterocycles. The maximum absolute atomic E-state index is 11.9. The Morgan fingerprint density at radius 1 is 0.933 bits per heavy atom. The SMILES string of the molecule is COC(=O)c1ccccc1N/C=C\c1nnnn1-c1ccc(-c2ccccc2)cc1. The molecule has 4 aromatic rings. The zero-order valence-corrected chi connectivity index (χ0v) is 16.3. The Kier molecular flexibility index (Phi) is 5.61. The minimum atomic E-state index is -0.408. The number of para-hydroxylation sites is 1. The van der Waals surface area contributed by atoms with E-state index in [1.807, 2.05) is 48.5 Å². The van der Waals surface area contributed by atoms with Crippen molar-refractivity contribution in [3.05, 3.63) is 96.5 Å². The summed E-state index contributed by atoms with van der Waals surface area (Å²) in [5, 5.41) is 15.0. The minimum Gasteiger partial charge on any atom is -0.465 e. The van der Waals surface area contributed by atoms with Gasteiger partial charge in [0.05, 0.1) is 24.0 Å². The van der Waals surface area contributed by atoms with E-state index >= 15 is 0 Å². The van der Waals surface area contributed by atoms with E-state index in [0.717, 1.165) is 16.8 Å². The van der Waals surface area contributed by atoms with E-state index in [4.69, 9.17) is 4.74 Å². The maximum Gasteiger partial charge on any atom is 0.339 e. The third-order valence-corrected chi connectivity index (χ3v) is 4.52. The number of hydrogen-bond acceptors (Lipinski definition) is 6. The number of tetrazole rings is 1. The van der Waals surface area contributed by atoms with E-state index in [9.17, 15) is 4.79 Å². The first-order valence-electron chi connectivity index (χ1n) is 9.31. The molecule has 148 valence electrons. The Bertz CT molecular complexity index is 1170. The summed E-state index contributed by atoms with van der Waals surface area (Å²) in [6.45, 7) is 0. The van der Waals surface area contributed by atoms with Crippen molar-refractivity contribution in [2.45, 2.75) is 0 Å². The lowest BCUT2D eigenvalue weighted by Gasteiger charge is -2.07. The first kappa shape index (κ1) is 19.1. The maximum atomic E-state index is 11.9. The topological polar surface area (TPSA) is 81.9 Å². The number of hydrogen-bond donors (Lipinski definition) is 1. The summed E-state index contributed by atoms with van der Waals surface area (Å²) in [5.74, 6) is 0.139. The van der Waals surface area contributed by atoms with E-state index in [2.05, 4.69) is 33.0 Å². The van der Waals surface area contributed by atoms with Crippen LogP contribution < -0.4 is 5.32 Å². The molecule has 0 bridgehead atoms. The standard InChI is InChI=1S/C23H19N5O2/c1-30-23(29)20-9-5-6-10-21(20)24-16-15-22-25-26-27-28(22)19-13-11-18(12-14-19)17-7-3-2-4-8-17/h2-16,24H,1H3/b16-15-. The highest BCUT2D eigenvalue weighted by Gasteiger charge is 2.10. The van der Waals surface area contributed by atoms with Gasteiger partial charge in [0.25, 0.3) is 0 Å². The van der Waals surface area contributed by atoms with E-state index in [0.29, 0.717) is 17.1 Å². The van der Waals surface area contributed by atoms with Crippen LogP contribution in [0.3, 0.4) is 0 Å². The largest absolute Gasteiger partial charge is 0.465 e. The molecule has 0 aliphatic heterocycles. The number of esters is 1. The normalized spacial score (nSPS) is 10.8. The van der Waals surface area contributed by atoms with Gasteiger partial charge >= 0.3 is 5.97 Å². The van der Waals surface area contributed by atoms with Gasteiger partial charge in [0.15, 0.2) is 5.82 Å². The van der Waals surface area contributed by atoms with Gasteiger partial charge in [-0.15, -0.1) is 5.10 Å². The first-order chi connectivity index (χ1) is 14.8. The predicted octanol–water partition coefficient (Wildman–Crippen LogP) is 4.20.